The molecule has 2 heterocycles. The average molecular weight is 322 g/mol. The van der Waals surface area contributed by atoms with E-state index in [2.05, 4.69) is 10.2 Å². The smallest absolute Gasteiger partial charge is 0.322 e. The van der Waals surface area contributed by atoms with E-state index in [0.717, 1.165) is 0 Å². The van der Waals surface area contributed by atoms with Gasteiger partial charge in [-0.15, -0.1) is 10.2 Å². The van der Waals surface area contributed by atoms with E-state index in [1.807, 2.05) is 0 Å². The molecule has 0 radical (unpaired) electrons. The maximum Gasteiger partial charge on any atom is 0.322 e. The van der Waals surface area contributed by atoms with Gasteiger partial charge in [0.1, 0.15) is 17.7 Å². The van der Waals surface area contributed by atoms with Gasteiger partial charge in [0.05, 0.1) is 13.1 Å². The summed E-state index contributed by atoms with van der Waals surface area (Å²) in [5, 5.41) is 17.5. The van der Waals surface area contributed by atoms with Gasteiger partial charge < -0.3 is 9.67 Å². The van der Waals surface area contributed by atoms with E-state index in [9.17, 15) is 18.7 Å². The second-order valence-electron chi connectivity index (χ2n) is 5.58. The van der Waals surface area contributed by atoms with Crippen molar-refractivity contribution in [1.29, 1.82) is 0 Å². The van der Waals surface area contributed by atoms with E-state index in [0.29, 0.717) is 23.8 Å². The van der Waals surface area contributed by atoms with Crippen molar-refractivity contribution in [2.75, 3.05) is 0 Å². The van der Waals surface area contributed by atoms with Gasteiger partial charge in [0.25, 0.3) is 6.43 Å². The van der Waals surface area contributed by atoms with Gasteiger partial charge in [0.2, 0.25) is 0 Å². The van der Waals surface area contributed by atoms with Gasteiger partial charge in [-0.3, -0.25) is 9.69 Å². The molecule has 0 spiro atoms. The van der Waals surface area contributed by atoms with Crippen LogP contribution in [0.15, 0.2) is 24.3 Å². The van der Waals surface area contributed by atoms with Crippen LogP contribution in [0.4, 0.5) is 8.78 Å². The lowest BCUT2D eigenvalue weighted by Gasteiger charge is -2.33. The number of carbonyl (C=O) groups is 1. The Kier molecular flexibility index (Phi) is 4.08. The first-order chi connectivity index (χ1) is 11.0. The number of aliphatic carboxylic acids is 1. The molecular weight excluding hydrogens is 306 g/mol. The number of nitrogens with zero attached hydrogens (tertiary/aromatic N) is 4. The van der Waals surface area contributed by atoms with E-state index >= 15 is 0 Å². The number of carboxylic acid groups (broad SMARTS) is 1. The van der Waals surface area contributed by atoms with Crippen LogP contribution in [0.3, 0.4) is 0 Å². The second kappa shape index (κ2) is 6.04. The molecule has 1 aromatic carbocycles. The van der Waals surface area contributed by atoms with Crippen molar-refractivity contribution < 1.29 is 18.7 Å². The zero-order valence-corrected chi connectivity index (χ0v) is 12.5. The number of hydrogen-bond donors (Lipinski definition) is 1. The minimum absolute atomic E-state index is 0.0644. The normalized spacial score (nSPS) is 18.2. The summed E-state index contributed by atoms with van der Waals surface area (Å²) in [6, 6.07) is 5.30. The predicted octanol–water partition coefficient (Wildman–Crippen LogP) is 1.99. The summed E-state index contributed by atoms with van der Waals surface area (Å²) in [6.07, 6.45) is -2.54. The van der Waals surface area contributed by atoms with Crippen LogP contribution in [0.5, 0.6) is 0 Å². The highest BCUT2D eigenvalue weighted by Gasteiger charge is 2.33. The maximum absolute atomic E-state index is 12.8. The summed E-state index contributed by atoms with van der Waals surface area (Å²) in [5.74, 6) is 0.407. The Hall–Kier alpha value is -2.35. The molecule has 1 N–H and O–H groups in total. The molecule has 0 fully saturated rings. The largest absolute Gasteiger partial charge is 0.480 e. The molecule has 0 saturated carbocycles. The SMILES string of the molecule is Cc1nnc2n1CC(C(=O)O)N(Cc1cccc(C(F)F)c1)C2. The first kappa shape index (κ1) is 15.5. The van der Waals surface area contributed by atoms with E-state index < -0.39 is 18.4 Å². The molecule has 0 saturated heterocycles. The maximum atomic E-state index is 12.8. The molecule has 0 aliphatic carbocycles. The van der Waals surface area contributed by atoms with Crippen LogP contribution in [0.1, 0.15) is 29.2 Å². The fourth-order valence-corrected chi connectivity index (χ4v) is 2.82. The first-order valence-electron chi connectivity index (χ1n) is 7.18. The van der Waals surface area contributed by atoms with Crippen LogP contribution < -0.4 is 0 Å². The molecule has 8 heteroatoms. The Balaban J connectivity index is 1.86. The predicted molar refractivity (Wildman–Crippen MR) is 76.8 cm³/mol. The van der Waals surface area contributed by atoms with Crippen molar-refractivity contribution in [3.63, 3.8) is 0 Å². The van der Waals surface area contributed by atoms with Gasteiger partial charge in [0.15, 0.2) is 0 Å². The van der Waals surface area contributed by atoms with Crippen LogP contribution in [-0.4, -0.2) is 36.8 Å². The lowest BCUT2D eigenvalue weighted by atomic mass is 10.1. The molecule has 1 aromatic heterocycles. The highest BCUT2D eigenvalue weighted by atomic mass is 19.3. The van der Waals surface area contributed by atoms with Gasteiger partial charge in [-0.1, -0.05) is 18.2 Å². The zero-order valence-electron chi connectivity index (χ0n) is 12.5. The Morgan fingerprint density at radius 2 is 2.22 bits per heavy atom. The standard InChI is InChI=1S/C15H16F2N4O2/c1-9-18-19-13-8-20(12(15(22)23)7-21(9)13)6-10-3-2-4-11(5-10)14(16)17/h2-5,12,14H,6-8H2,1H3,(H,22,23). The van der Waals surface area contributed by atoms with Crippen molar-refractivity contribution in [2.24, 2.45) is 0 Å². The van der Waals surface area contributed by atoms with Crippen molar-refractivity contribution in [2.45, 2.75) is 39.0 Å². The molecule has 1 aliphatic heterocycles. The van der Waals surface area contributed by atoms with Crippen LogP contribution in [0.2, 0.25) is 0 Å². The van der Waals surface area contributed by atoms with E-state index in [4.69, 9.17) is 0 Å². The zero-order chi connectivity index (χ0) is 16.6. The third-order valence-corrected chi connectivity index (χ3v) is 4.03. The number of aromatic nitrogens is 3. The van der Waals surface area contributed by atoms with Crippen molar-refractivity contribution in [1.82, 2.24) is 19.7 Å². The van der Waals surface area contributed by atoms with Gasteiger partial charge in [0, 0.05) is 12.1 Å². The highest BCUT2D eigenvalue weighted by Crippen LogP contribution is 2.23. The van der Waals surface area contributed by atoms with E-state index in [1.54, 1.807) is 28.5 Å². The average Bonchev–Trinajstić information content (AvgIpc) is 2.87. The number of aryl methyl sites for hydroxylation is 1. The second-order valence-corrected chi connectivity index (χ2v) is 5.58. The summed E-state index contributed by atoms with van der Waals surface area (Å²) in [6.45, 7) is 2.61. The van der Waals surface area contributed by atoms with Crippen LogP contribution >= 0.6 is 0 Å². The molecule has 0 bridgehead atoms. The number of alkyl halides is 2. The first-order valence-corrected chi connectivity index (χ1v) is 7.18. The molecule has 1 atom stereocenters. The topological polar surface area (TPSA) is 71.2 Å². The minimum atomic E-state index is -2.54. The van der Waals surface area contributed by atoms with E-state index in [-0.39, 0.29) is 18.7 Å². The molecule has 23 heavy (non-hydrogen) atoms. The quantitative estimate of drug-likeness (QED) is 0.932. The van der Waals surface area contributed by atoms with Crippen molar-refractivity contribution in [3.05, 3.63) is 47.0 Å². The summed E-state index contributed by atoms with van der Waals surface area (Å²) in [5.41, 5.74) is 0.587. The summed E-state index contributed by atoms with van der Waals surface area (Å²) < 4.78 is 27.4. The van der Waals surface area contributed by atoms with Crippen molar-refractivity contribution >= 4 is 5.97 Å². The Bertz CT molecular complexity index is 732. The molecule has 0 amide bonds. The number of halogens is 2. The van der Waals surface area contributed by atoms with Gasteiger partial charge in [-0.2, -0.15) is 0 Å². The molecule has 1 unspecified atom stereocenters. The van der Waals surface area contributed by atoms with Gasteiger partial charge in [-0.25, -0.2) is 8.78 Å². The molecule has 6 nitrogen and oxygen atoms in total. The third-order valence-electron chi connectivity index (χ3n) is 4.03. The fraction of sp³-hybridized carbons (Fsp3) is 0.400. The van der Waals surface area contributed by atoms with Crippen LogP contribution in [0, 0.1) is 6.92 Å². The molecule has 3 rings (SSSR count). The number of benzene rings is 1. The molecule has 2 aromatic rings. The Morgan fingerprint density at radius 3 is 2.91 bits per heavy atom. The summed E-state index contributed by atoms with van der Waals surface area (Å²) in [7, 11) is 0. The number of hydrogen-bond acceptors (Lipinski definition) is 4. The third kappa shape index (κ3) is 3.07. The molecule has 1 aliphatic rings. The highest BCUT2D eigenvalue weighted by molar-refractivity contribution is 5.73. The fourth-order valence-electron chi connectivity index (χ4n) is 2.82. The van der Waals surface area contributed by atoms with Gasteiger partial charge >= 0.3 is 5.97 Å². The van der Waals surface area contributed by atoms with E-state index in [1.165, 1.54) is 12.1 Å². The monoisotopic (exact) mass is 322 g/mol. The minimum Gasteiger partial charge on any atom is -0.480 e. The Morgan fingerprint density at radius 1 is 1.43 bits per heavy atom. The van der Waals surface area contributed by atoms with Crippen molar-refractivity contribution in [3.8, 4) is 0 Å². The molecular formula is C15H16F2N4O2. The Labute approximate surface area is 131 Å². The van der Waals surface area contributed by atoms with Crippen LogP contribution in [-0.2, 0) is 24.4 Å². The summed E-state index contributed by atoms with van der Waals surface area (Å²) >= 11 is 0. The molecule has 122 valence electrons. The number of carboxylic acids is 1. The summed E-state index contributed by atoms with van der Waals surface area (Å²) in [4.78, 5) is 13.3. The lowest BCUT2D eigenvalue weighted by Crippen LogP contribution is -2.47. The van der Waals surface area contributed by atoms with Crippen LogP contribution in [0.25, 0.3) is 0 Å². The lowest BCUT2D eigenvalue weighted by molar-refractivity contribution is -0.145. The number of rotatable bonds is 4. The number of fused-ring (bicyclic) bond motifs is 1. The van der Waals surface area contributed by atoms with Gasteiger partial charge in [-0.05, 0) is 18.6 Å².